The molecule has 0 radical (unpaired) electrons. The predicted octanol–water partition coefficient (Wildman–Crippen LogP) is 2.55. The van der Waals surface area contributed by atoms with Crippen molar-refractivity contribution >= 4 is 0 Å². The van der Waals surface area contributed by atoms with Crippen molar-refractivity contribution in [1.82, 2.24) is 10.3 Å². The number of piperidine rings is 1. The molecule has 3 heteroatoms. The summed E-state index contributed by atoms with van der Waals surface area (Å²) in [4.78, 5) is 4.31. The molecule has 1 aromatic rings. The van der Waals surface area contributed by atoms with Crippen LogP contribution in [0.5, 0.6) is 0 Å². The first-order valence-electron chi connectivity index (χ1n) is 6.59. The number of nitrogens with one attached hydrogen (secondary N) is 1. The Labute approximate surface area is 104 Å². The van der Waals surface area contributed by atoms with Gasteiger partial charge in [-0.25, -0.2) is 0 Å². The summed E-state index contributed by atoms with van der Waals surface area (Å²) in [6.45, 7) is 5.24. The third-order valence-electron chi connectivity index (χ3n) is 3.40. The molecule has 0 aliphatic carbocycles. The zero-order valence-electron chi connectivity index (χ0n) is 10.6. The fraction of sp³-hybridized carbons (Fsp3) is 0.643. The van der Waals surface area contributed by atoms with Gasteiger partial charge >= 0.3 is 0 Å². The minimum absolute atomic E-state index is 0.104. The van der Waals surface area contributed by atoms with Crippen LogP contribution in [0, 0.1) is 5.92 Å². The molecule has 1 aliphatic rings. The van der Waals surface area contributed by atoms with Crippen molar-refractivity contribution in [3.05, 3.63) is 30.1 Å². The number of rotatable bonds is 5. The van der Waals surface area contributed by atoms with Crippen LogP contribution >= 0.6 is 0 Å². The molecule has 17 heavy (non-hydrogen) atoms. The van der Waals surface area contributed by atoms with E-state index in [1.54, 1.807) is 0 Å². The Morgan fingerprint density at radius 2 is 2.47 bits per heavy atom. The van der Waals surface area contributed by atoms with E-state index in [2.05, 4.69) is 17.2 Å². The normalized spacial score (nSPS) is 22.3. The monoisotopic (exact) mass is 234 g/mol. The number of nitrogens with zero attached hydrogens (tertiary/aromatic N) is 1. The highest BCUT2D eigenvalue weighted by Crippen LogP contribution is 2.17. The summed E-state index contributed by atoms with van der Waals surface area (Å²) in [6, 6.07) is 5.96. The molecule has 2 unspecified atom stereocenters. The molecule has 2 heterocycles. The van der Waals surface area contributed by atoms with E-state index in [-0.39, 0.29) is 6.10 Å². The van der Waals surface area contributed by atoms with Gasteiger partial charge in [-0.3, -0.25) is 4.98 Å². The van der Waals surface area contributed by atoms with Crippen LogP contribution in [-0.2, 0) is 4.74 Å². The zero-order chi connectivity index (χ0) is 11.9. The molecule has 0 spiro atoms. The van der Waals surface area contributed by atoms with E-state index in [4.69, 9.17) is 4.74 Å². The molecular formula is C14H22N2O. The number of aromatic nitrogens is 1. The van der Waals surface area contributed by atoms with Crippen LogP contribution in [-0.4, -0.2) is 24.7 Å². The van der Waals surface area contributed by atoms with Crippen molar-refractivity contribution in [1.29, 1.82) is 0 Å². The van der Waals surface area contributed by atoms with Gasteiger partial charge in [0.05, 0.1) is 11.8 Å². The second-order valence-corrected chi connectivity index (χ2v) is 4.77. The number of pyridine rings is 1. The molecule has 1 saturated heterocycles. The summed E-state index contributed by atoms with van der Waals surface area (Å²) in [5.41, 5.74) is 1.02. The SMILES string of the molecule is CC(OCCC1CCCNC1)c1ccccn1. The first-order valence-corrected chi connectivity index (χ1v) is 6.59. The highest BCUT2D eigenvalue weighted by molar-refractivity contribution is 5.05. The molecule has 0 aromatic carbocycles. The van der Waals surface area contributed by atoms with Gasteiger partial charge in [0.25, 0.3) is 0 Å². The van der Waals surface area contributed by atoms with Crippen molar-refractivity contribution in [2.24, 2.45) is 5.92 Å². The third-order valence-corrected chi connectivity index (χ3v) is 3.40. The molecule has 2 rings (SSSR count). The van der Waals surface area contributed by atoms with Gasteiger partial charge in [0.2, 0.25) is 0 Å². The molecule has 94 valence electrons. The maximum atomic E-state index is 5.84. The van der Waals surface area contributed by atoms with Gasteiger partial charge in [-0.1, -0.05) is 6.07 Å². The summed E-state index contributed by atoms with van der Waals surface area (Å²) >= 11 is 0. The third kappa shape index (κ3) is 4.10. The maximum Gasteiger partial charge on any atom is 0.0966 e. The Kier molecular flexibility index (Phi) is 4.95. The number of hydrogen-bond donors (Lipinski definition) is 1. The van der Waals surface area contributed by atoms with Crippen LogP contribution in [0.3, 0.4) is 0 Å². The topological polar surface area (TPSA) is 34.1 Å². The molecule has 1 fully saturated rings. The van der Waals surface area contributed by atoms with Gasteiger partial charge < -0.3 is 10.1 Å². The zero-order valence-corrected chi connectivity index (χ0v) is 10.6. The van der Waals surface area contributed by atoms with E-state index < -0.39 is 0 Å². The lowest BCUT2D eigenvalue weighted by molar-refractivity contribution is 0.0512. The molecular weight excluding hydrogens is 212 g/mol. The quantitative estimate of drug-likeness (QED) is 0.850. The van der Waals surface area contributed by atoms with Crippen LogP contribution in [0.4, 0.5) is 0 Å². The fourth-order valence-corrected chi connectivity index (χ4v) is 2.28. The standard InChI is InChI=1S/C14H22N2O/c1-12(14-6-2-3-9-16-14)17-10-7-13-5-4-8-15-11-13/h2-3,6,9,12-13,15H,4-5,7-8,10-11H2,1H3. The van der Waals surface area contributed by atoms with Crippen molar-refractivity contribution in [3.8, 4) is 0 Å². The van der Waals surface area contributed by atoms with Gasteiger partial charge in [0.1, 0.15) is 0 Å². The van der Waals surface area contributed by atoms with Crippen LogP contribution in [0.2, 0.25) is 0 Å². The van der Waals surface area contributed by atoms with Crippen LogP contribution in [0.15, 0.2) is 24.4 Å². The Morgan fingerprint density at radius 3 is 3.18 bits per heavy atom. The van der Waals surface area contributed by atoms with Crippen molar-refractivity contribution in [3.63, 3.8) is 0 Å². The highest BCUT2D eigenvalue weighted by Gasteiger charge is 2.13. The molecule has 1 aromatic heterocycles. The second-order valence-electron chi connectivity index (χ2n) is 4.77. The lowest BCUT2D eigenvalue weighted by Crippen LogP contribution is -2.30. The van der Waals surface area contributed by atoms with E-state index in [1.807, 2.05) is 24.4 Å². The first-order chi connectivity index (χ1) is 8.36. The van der Waals surface area contributed by atoms with Gasteiger partial charge in [0, 0.05) is 12.8 Å². The van der Waals surface area contributed by atoms with E-state index >= 15 is 0 Å². The van der Waals surface area contributed by atoms with Crippen LogP contribution < -0.4 is 5.32 Å². The molecule has 3 nitrogen and oxygen atoms in total. The van der Waals surface area contributed by atoms with Crippen LogP contribution in [0.25, 0.3) is 0 Å². The van der Waals surface area contributed by atoms with E-state index in [1.165, 1.54) is 19.4 Å². The smallest absolute Gasteiger partial charge is 0.0966 e. The number of hydrogen-bond acceptors (Lipinski definition) is 3. The van der Waals surface area contributed by atoms with E-state index in [0.717, 1.165) is 31.2 Å². The minimum Gasteiger partial charge on any atom is -0.372 e. The van der Waals surface area contributed by atoms with E-state index in [9.17, 15) is 0 Å². The minimum atomic E-state index is 0.104. The van der Waals surface area contributed by atoms with Crippen LogP contribution in [0.1, 0.15) is 38.0 Å². The Morgan fingerprint density at radius 1 is 1.53 bits per heavy atom. The van der Waals surface area contributed by atoms with Crippen molar-refractivity contribution in [2.75, 3.05) is 19.7 Å². The average Bonchev–Trinajstić information content (AvgIpc) is 2.41. The summed E-state index contributed by atoms with van der Waals surface area (Å²) < 4.78 is 5.84. The first kappa shape index (κ1) is 12.5. The molecule has 2 atom stereocenters. The number of ether oxygens (including phenoxy) is 1. The molecule has 0 amide bonds. The van der Waals surface area contributed by atoms with Gasteiger partial charge in [0.15, 0.2) is 0 Å². The van der Waals surface area contributed by atoms with Gasteiger partial charge in [-0.15, -0.1) is 0 Å². The summed E-state index contributed by atoms with van der Waals surface area (Å²) in [6.07, 6.45) is 5.73. The Hall–Kier alpha value is -0.930. The van der Waals surface area contributed by atoms with Gasteiger partial charge in [-0.2, -0.15) is 0 Å². The average molecular weight is 234 g/mol. The Bertz CT molecular complexity index is 309. The van der Waals surface area contributed by atoms with Gasteiger partial charge in [-0.05, 0) is 57.3 Å². The maximum absolute atomic E-state index is 5.84. The summed E-state index contributed by atoms with van der Waals surface area (Å²) in [7, 11) is 0. The van der Waals surface area contributed by atoms with Crippen molar-refractivity contribution in [2.45, 2.75) is 32.3 Å². The lowest BCUT2D eigenvalue weighted by Gasteiger charge is -2.23. The fourth-order valence-electron chi connectivity index (χ4n) is 2.28. The summed E-state index contributed by atoms with van der Waals surface area (Å²) in [5, 5.41) is 3.44. The predicted molar refractivity (Wildman–Crippen MR) is 68.8 cm³/mol. The highest BCUT2D eigenvalue weighted by atomic mass is 16.5. The summed E-state index contributed by atoms with van der Waals surface area (Å²) in [5.74, 6) is 0.791. The molecule has 0 saturated carbocycles. The second kappa shape index (κ2) is 6.72. The molecule has 0 bridgehead atoms. The van der Waals surface area contributed by atoms with Crippen molar-refractivity contribution < 1.29 is 4.74 Å². The Balaban J connectivity index is 1.67. The largest absolute Gasteiger partial charge is 0.372 e. The molecule has 1 aliphatic heterocycles. The lowest BCUT2D eigenvalue weighted by atomic mass is 9.97. The molecule has 1 N–H and O–H groups in total. The van der Waals surface area contributed by atoms with E-state index in [0.29, 0.717) is 0 Å².